The first-order valence-corrected chi connectivity index (χ1v) is 11.4. The highest BCUT2D eigenvalue weighted by Crippen LogP contribution is 2.24. The highest BCUT2D eigenvalue weighted by Gasteiger charge is 2.19. The normalized spacial score (nSPS) is 12.6. The van der Waals surface area contributed by atoms with Gasteiger partial charge in [0.25, 0.3) is 0 Å². The number of benzene rings is 1. The molecule has 0 bridgehead atoms. The molecule has 0 heterocycles. The Morgan fingerprint density at radius 1 is 1.21 bits per heavy atom. The van der Waals surface area contributed by atoms with Crippen LogP contribution in [0.5, 0.6) is 0 Å². The van der Waals surface area contributed by atoms with Crippen molar-refractivity contribution in [3.63, 3.8) is 0 Å². The fourth-order valence-corrected chi connectivity index (χ4v) is 4.02. The summed E-state index contributed by atoms with van der Waals surface area (Å²) in [5.74, 6) is 0.730. The van der Waals surface area contributed by atoms with Crippen molar-refractivity contribution in [2.45, 2.75) is 53.3 Å². The predicted octanol–water partition coefficient (Wildman–Crippen LogP) is 4.12. The summed E-state index contributed by atoms with van der Waals surface area (Å²) in [5, 5.41) is 6.53. The van der Waals surface area contributed by atoms with Crippen molar-refractivity contribution in [2.75, 3.05) is 19.3 Å². The lowest BCUT2D eigenvalue weighted by Crippen LogP contribution is -2.42. The Kier molecular flexibility index (Phi) is 11.6. The second kappa shape index (κ2) is 11.9. The number of nitrogens with zero attached hydrogens (tertiary/aromatic N) is 1. The van der Waals surface area contributed by atoms with E-state index < -0.39 is 15.7 Å². The molecule has 1 rings (SSSR count). The van der Waals surface area contributed by atoms with Crippen LogP contribution < -0.4 is 10.6 Å². The van der Waals surface area contributed by atoms with E-state index in [0.717, 1.165) is 13.0 Å². The average molecular weight is 527 g/mol. The first-order chi connectivity index (χ1) is 12.4. The van der Waals surface area contributed by atoms with Gasteiger partial charge in [-0.2, -0.15) is 0 Å². The van der Waals surface area contributed by atoms with E-state index in [2.05, 4.69) is 43.3 Å². The fraction of sp³-hybridized carbons (Fsp3) is 0.650. The molecule has 0 atom stereocenters. The van der Waals surface area contributed by atoms with E-state index >= 15 is 0 Å². The SMILES string of the molecule is CCNC(=NCc1cc(F)ccc1CS(C)(=O)=O)NCC(C)(C)CC(C)C.I. The summed E-state index contributed by atoms with van der Waals surface area (Å²) < 4.78 is 36.9. The Balaban J connectivity index is 0.00000729. The monoisotopic (exact) mass is 527 g/mol. The van der Waals surface area contributed by atoms with Gasteiger partial charge in [-0.3, -0.25) is 0 Å². The van der Waals surface area contributed by atoms with Gasteiger partial charge < -0.3 is 10.6 Å². The molecule has 5 nitrogen and oxygen atoms in total. The number of rotatable bonds is 9. The molecule has 0 aliphatic heterocycles. The second-order valence-electron chi connectivity index (χ2n) is 8.29. The Labute approximate surface area is 186 Å². The summed E-state index contributed by atoms with van der Waals surface area (Å²) in [6, 6.07) is 4.16. The third kappa shape index (κ3) is 11.2. The maximum absolute atomic E-state index is 13.6. The molecule has 0 aromatic heterocycles. The van der Waals surface area contributed by atoms with Gasteiger partial charge >= 0.3 is 0 Å². The molecule has 28 heavy (non-hydrogen) atoms. The second-order valence-corrected chi connectivity index (χ2v) is 10.4. The van der Waals surface area contributed by atoms with Crippen molar-refractivity contribution in [3.8, 4) is 0 Å². The third-order valence-electron chi connectivity index (χ3n) is 4.03. The van der Waals surface area contributed by atoms with Gasteiger partial charge in [0.1, 0.15) is 5.82 Å². The topological polar surface area (TPSA) is 70.6 Å². The van der Waals surface area contributed by atoms with Gasteiger partial charge in [-0.25, -0.2) is 17.8 Å². The zero-order valence-electron chi connectivity index (χ0n) is 17.8. The molecule has 0 aliphatic rings. The van der Waals surface area contributed by atoms with Crippen LogP contribution in [0.1, 0.15) is 52.2 Å². The first kappa shape index (κ1) is 27.1. The van der Waals surface area contributed by atoms with Crippen molar-refractivity contribution in [1.29, 1.82) is 0 Å². The highest BCUT2D eigenvalue weighted by molar-refractivity contribution is 14.0. The number of hydrogen-bond acceptors (Lipinski definition) is 3. The molecule has 1 aromatic rings. The summed E-state index contributed by atoms with van der Waals surface area (Å²) in [6.07, 6.45) is 2.26. The number of nitrogens with one attached hydrogen (secondary N) is 2. The van der Waals surface area contributed by atoms with E-state index in [4.69, 9.17) is 0 Å². The smallest absolute Gasteiger partial charge is 0.191 e. The summed E-state index contributed by atoms with van der Waals surface area (Å²) in [5.41, 5.74) is 1.28. The van der Waals surface area contributed by atoms with E-state index in [1.807, 2.05) is 6.92 Å². The van der Waals surface area contributed by atoms with Gasteiger partial charge in [0.05, 0.1) is 12.3 Å². The van der Waals surface area contributed by atoms with Crippen LogP contribution in [0.4, 0.5) is 4.39 Å². The molecule has 0 amide bonds. The van der Waals surface area contributed by atoms with Crippen LogP contribution in [-0.2, 0) is 22.1 Å². The summed E-state index contributed by atoms with van der Waals surface area (Å²) in [7, 11) is -3.20. The van der Waals surface area contributed by atoms with Gasteiger partial charge in [0.2, 0.25) is 0 Å². The highest BCUT2D eigenvalue weighted by atomic mass is 127. The summed E-state index contributed by atoms with van der Waals surface area (Å²) >= 11 is 0. The van der Waals surface area contributed by atoms with Crippen molar-refractivity contribution in [1.82, 2.24) is 10.6 Å². The van der Waals surface area contributed by atoms with Crippen LogP contribution in [0.25, 0.3) is 0 Å². The molecule has 2 N–H and O–H groups in total. The lowest BCUT2D eigenvalue weighted by Gasteiger charge is -2.28. The molecule has 0 aliphatic carbocycles. The fourth-order valence-electron chi connectivity index (χ4n) is 3.17. The minimum Gasteiger partial charge on any atom is -0.357 e. The number of guanidine groups is 1. The van der Waals surface area contributed by atoms with Gasteiger partial charge in [0.15, 0.2) is 15.8 Å². The molecule has 162 valence electrons. The molecule has 0 radical (unpaired) electrons. The Morgan fingerprint density at radius 2 is 1.86 bits per heavy atom. The third-order valence-corrected chi connectivity index (χ3v) is 4.87. The van der Waals surface area contributed by atoms with Crippen molar-refractivity contribution in [3.05, 3.63) is 35.1 Å². The molecule has 0 saturated heterocycles. The maximum atomic E-state index is 13.6. The average Bonchev–Trinajstić information content (AvgIpc) is 2.50. The van der Waals surface area contributed by atoms with Crippen LogP contribution in [0, 0.1) is 17.2 Å². The molecular formula is C20H35FIN3O2S. The number of aliphatic imine (C=N–C) groups is 1. The van der Waals surface area contributed by atoms with E-state index in [9.17, 15) is 12.8 Å². The van der Waals surface area contributed by atoms with Gasteiger partial charge in [-0.15, -0.1) is 24.0 Å². The molecule has 0 unspecified atom stereocenters. The van der Waals surface area contributed by atoms with E-state index in [1.165, 1.54) is 24.5 Å². The number of sulfone groups is 1. The summed E-state index contributed by atoms with van der Waals surface area (Å²) in [4.78, 5) is 4.53. The van der Waals surface area contributed by atoms with Gasteiger partial charge in [-0.1, -0.05) is 33.8 Å². The molecule has 0 saturated carbocycles. The number of halogens is 2. The van der Waals surface area contributed by atoms with Crippen LogP contribution in [0.15, 0.2) is 23.2 Å². The molecule has 0 spiro atoms. The maximum Gasteiger partial charge on any atom is 0.191 e. The first-order valence-electron chi connectivity index (χ1n) is 9.39. The Bertz CT molecular complexity index is 750. The molecule has 0 fully saturated rings. The molecule has 8 heteroatoms. The zero-order chi connectivity index (χ0) is 20.7. The lowest BCUT2D eigenvalue weighted by atomic mass is 9.84. The van der Waals surface area contributed by atoms with Crippen LogP contribution in [-0.4, -0.2) is 33.7 Å². The Hall–Kier alpha value is -0.900. The molecule has 1 aromatic carbocycles. The van der Waals surface area contributed by atoms with Crippen LogP contribution >= 0.6 is 24.0 Å². The van der Waals surface area contributed by atoms with E-state index in [-0.39, 0.29) is 41.7 Å². The van der Waals surface area contributed by atoms with Crippen molar-refractivity contribution >= 4 is 39.8 Å². The quantitative estimate of drug-likeness (QED) is 0.288. The van der Waals surface area contributed by atoms with Crippen molar-refractivity contribution in [2.24, 2.45) is 16.3 Å². The van der Waals surface area contributed by atoms with Gasteiger partial charge in [0, 0.05) is 19.3 Å². The minimum atomic E-state index is -3.20. The largest absolute Gasteiger partial charge is 0.357 e. The zero-order valence-corrected chi connectivity index (χ0v) is 20.9. The minimum absolute atomic E-state index is 0. The van der Waals surface area contributed by atoms with E-state index in [1.54, 1.807) is 0 Å². The van der Waals surface area contributed by atoms with Crippen LogP contribution in [0.3, 0.4) is 0 Å². The molecular weight excluding hydrogens is 492 g/mol. The summed E-state index contributed by atoms with van der Waals surface area (Å²) in [6.45, 7) is 12.5. The standard InChI is InChI=1S/C20H34FN3O2S.HI/c1-7-22-19(24-14-20(4,5)11-15(2)3)23-12-17-10-18(21)9-8-16(17)13-27(6,25)26;/h8-10,15H,7,11-14H2,1-6H3,(H2,22,23,24);1H. The van der Waals surface area contributed by atoms with E-state index in [0.29, 0.717) is 29.5 Å². The number of hydrogen-bond donors (Lipinski definition) is 2. The Morgan fingerprint density at radius 3 is 2.39 bits per heavy atom. The van der Waals surface area contributed by atoms with Gasteiger partial charge in [-0.05, 0) is 47.9 Å². The predicted molar refractivity (Wildman–Crippen MR) is 126 cm³/mol. The van der Waals surface area contributed by atoms with Crippen LogP contribution in [0.2, 0.25) is 0 Å². The van der Waals surface area contributed by atoms with Crippen molar-refractivity contribution < 1.29 is 12.8 Å². The lowest BCUT2D eigenvalue weighted by molar-refractivity contribution is 0.286.